The zero-order valence-corrected chi connectivity index (χ0v) is 21.5. The molecule has 0 radical (unpaired) electrons. The Balaban J connectivity index is 0.000000201. The van der Waals surface area contributed by atoms with E-state index >= 15 is 0 Å². The van der Waals surface area contributed by atoms with Crippen molar-refractivity contribution in [3.63, 3.8) is 0 Å². The first-order valence-electron chi connectivity index (χ1n) is 12.8. The second-order valence-corrected chi connectivity index (χ2v) is 9.81. The van der Waals surface area contributed by atoms with Crippen LogP contribution in [-0.2, 0) is 27.5 Å². The van der Waals surface area contributed by atoms with E-state index in [1.165, 1.54) is 0 Å². The Morgan fingerprint density at radius 1 is 0.778 bits per heavy atom. The average Bonchev–Trinajstić information content (AvgIpc) is 3.49. The summed E-state index contributed by atoms with van der Waals surface area (Å²) >= 11 is 0. The van der Waals surface area contributed by atoms with E-state index in [0.29, 0.717) is 31.5 Å². The van der Waals surface area contributed by atoms with Crippen LogP contribution in [0.25, 0.3) is 0 Å². The Morgan fingerprint density at radius 2 is 1.25 bits per heavy atom. The van der Waals surface area contributed by atoms with Crippen molar-refractivity contribution in [2.75, 3.05) is 26.2 Å². The van der Waals surface area contributed by atoms with Gasteiger partial charge in [0.2, 0.25) is 0 Å². The van der Waals surface area contributed by atoms with Crippen LogP contribution < -0.4 is 0 Å². The van der Waals surface area contributed by atoms with E-state index in [0.717, 1.165) is 36.9 Å². The van der Waals surface area contributed by atoms with E-state index in [-0.39, 0.29) is 30.6 Å². The summed E-state index contributed by atoms with van der Waals surface area (Å²) in [5.74, 6) is 1.36. The van der Waals surface area contributed by atoms with Crippen LogP contribution in [0.4, 0.5) is 9.59 Å². The van der Waals surface area contributed by atoms with Crippen LogP contribution in [0.15, 0.2) is 60.7 Å². The molecule has 2 aromatic rings. The molecule has 2 aliphatic heterocycles. The Hall–Kier alpha value is -3.35. The second kappa shape index (κ2) is 13.7. The summed E-state index contributed by atoms with van der Waals surface area (Å²) in [6.45, 7) is 9.73. The van der Waals surface area contributed by atoms with Crippen molar-refractivity contribution in [2.45, 2.75) is 40.4 Å². The molecule has 194 valence electrons. The van der Waals surface area contributed by atoms with Crippen LogP contribution in [0.5, 0.6) is 0 Å². The summed E-state index contributed by atoms with van der Waals surface area (Å²) in [5.41, 5.74) is 2.00. The maximum absolute atomic E-state index is 11.9. The molecule has 7 nitrogen and oxygen atoms in total. The Kier molecular flexibility index (Phi) is 10.3. The highest BCUT2D eigenvalue weighted by Crippen LogP contribution is 2.26. The number of benzene rings is 2. The maximum Gasteiger partial charge on any atom is 0.410 e. The highest BCUT2D eigenvalue weighted by Gasteiger charge is 2.33. The predicted molar refractivity (Wildman–Crippen MR) is 138 cm³/mol. The number of carbonyl (C=O) groups is 3. The van der Waals surface area contributed by atoms with E-state index in [9.17, 15) is 14.4 Å². The third kappa shape index (κ3) is 7.83. The fraction of sp³-hybridized carbons (Fsp3) is 0.483. The largest absolute Gasteiger partial charge is 0.445 e. The molecule has 4 rings (SSSR count). The van der Waals surface area contributed by atoms with E-state index in [4.69, 9.17) is 9.47 Å². The molecule has 0 aliphatic carbocycles. The van der Waals surface area contributed by atoms with E-state index in [1.54, 1.807) is 4.90 Å². The molecule has 2 fully saturated rings. The average molecular weight is 495 g/mol. The number of likely N-dealkylation sites (tertiary alicyclic amines) is 2. The van der Waals surface area contributed by atoms with Crippen molar-refractivity contribution in [2.24, 2.45) is 23.7 Å². The summed E-state index contributed by atoms with van der Waals surface area (Å²) in [7, 11) is 0. The molecule has 2 aliphatic rings. The zero-order valence-electron chi connectivity index (χ0n) is 21.5. The summed E-state index contributed by atoms with van der Waals surface area (Å²) in [5, 5.41) is 0. The number of rotatable bonds is 6. The third-order valence-electron chi connectivity index (χ3n) is 7.06. The van der Waals surface area contributed by atoms with Crippen molar-refractivity contribution in [3.05, 3.63) is 71.8 Å². The minimum atomic E-state index is -0.338. The topological polar surface area (TPSA) is 76.2 Å². The molecule has 2 aromatic carbocycles. The molecule has 0 N–H and O–H groups in total. The lowest BCUT2D eigenvalue weighted by Gasteiger charge is -2.16. The van der Waals surface area contributed by atoms with Crippen LogP contribution in [0.2, 0.25) is 0 Å². The molecule has 0 aromatic heterocycles. The lowest BCUT2D eigenvalue weighted by atomic mass is 9.96. The van der Waals surface area contributed by atoms with Gasteiger partial charge in [-0.15, -0.1) is 0 Å². The molecule has 36 heavy (non-hydrogen) atoms. The van der Waals surface area contributed by atoms with E-state index < -0.39 is 0 Å². The third-order valence-corrected chi connectivity index (χ3v) is 7.06. The van der Waals surface area contributed by atoms with Crippen molar-refractivity contribution >= 4 is 18.5 Å². The lowest BCUT2D eigenvalue weighted by molar-refractivity contribution is -0.111. The van der Waals surface area contributed by atoms with Crippen LogP contribution in [0, 0.1) is 23.7 Å². The highest BCUT2D eigenvalue weighted by atomic mass is 16.6. The molecule has 2 saturated heterocycles. The minimum Gasteiger partial charge on any atom is -0.445 e. The number of amides is 2. The normalized spacial score (nSPS) is 23.0. The van der Waals surface area contributed by atoms with Gasteiger partial charge in [-0.3, -0.25) is 0 Å². The first-order chi connectivity index (χ1) is 17.4. The lowest BCUT2D eigenvalue weighted by Crippen LogP contribution is -2.29. The number of nitrogens with zero attached hydrogens (tertiary/aromatic N) is 2. The molecular weight excluding hydrogens is 456 g/mol. The van der Waals surface area contributed by atoms with Gasteiger partial charge in [0.15, 0.2) is 0 Å². The summed E-state index contributed by atoms with van der Waals surface area (Å²) in [6, 6.07) is 19.3. The molecule has 0 saturated carbocycles. The van der Waals surface area contributed by atoms with Crippen molar-refractivity contribution < 1.29 is 23.9 Å². The summed E-state index contributed by atoms with van der Waals surface area (Å²) in [4.78, 5) is 38.0. The van der Waals surface area contributed by atoms with Crippen molar-refractivity contribution in [3.8, 4) is 0 Å². The van der Waals surface area contributed by atoms with Gasteiger partial charge in [-0.25, -0.2) is 9.59 Å². The number of hydrogen-bond acceptors (Lipinski definition) is 5. The smallest absolute Gasteiger partial charge is 0.410 e. The monoisotopic (exact) mass is 494 g/mol. The molecule has 7 heteroatoms. The Bertz CT molecular complexity index is 968. The second-order valence-electron chi connectivity index (χ2n) is 9.81. The van der Waals surface area contributed by atoms with Gasteiger partial charge in [0.05, 0.1) is 0 Å². The molecular formula is C29H38N2O5. The fourth-order valence-corrected chi connectivity index (χ4v) is 4.65. The number of hydrogen-bond donors (Lipinski definition) is 0. The number of carbonyl (C=O) groups excluding carboxylic acids is 3. The molecule has 0 unspecified atom stereocenters. The standard InChI is InChI=1S/C15H21NO2.C14H17NO3/c1-3-14-10-16(9-12(14)2)15(17)18-11-13-7-5-4-6-8-13;1-11-7-15(8-13(11)9-16)14(17)18-10-12-5-3-2-4-6-12/h4-8,12,14H,3,9-11H2,1-2H3;2-6,9,11,13H,7-8,10H2,1H3/t12-,14+;11-,13+/m11/s1. The molecule has 0 spiro atoms. The van der Waals surface area contributed by atoms with Gasteiger partial charge in [-0.2, -0.15) is 0 Å². The fourth-order valence-electron chi connectivity index (χ4n) is 4.65. The van der Waals surface area contributed by atoms with Crippen LogP contribution in [0.3, 0.4) is 0 Å². The number of ether oxygens (including phenoxy) is 2. The molecule has 2 heterocycles. The molecule has 0 bridgehead atoms. The van der Waals surface area contributed by atoms with E-state index in [1.807, 2.05) is 72.5 Å². The van der Waals surface area contributed by atoms with Gasteiger partial charge < -0.3 is 24.1 Å². The molecule has 2 amide bonds. The summed E-state index contributed by atoms with van der Waals surface area (Å²) < 4.78 is 10.6. The van der Waals surface area contributed by atoms with Gasteiger partial charge in [0.1, 0.15) is 19.5 Å². The van der Waals surface area contributed by atoms with Gasteiger partial charge in [-0.05, 0) is 28.9 Å². The van der Waals surface area contributed by atoms with Crippen LogP contribution in [0.1, 0.15) is 38.3 Å². The maximum atomic E-state index is 11.9. The van der Waals surface area contributed by atoms with Crippen molar-refractivity contribution in [1.29, 1.82) is 0 Å². The van der Waals surface area contributed by atoms with Gasteiger partial charge in [0.25, 0.3) is 0 Å². The molecule has 4 atom stereocenters. The SMILES string of the molecule is CC[C@H]1CN(C(=O)OCc2ccccc2)C[C@H]1C.C[C@@H]1CN(C(=O)OCc2ccccc2)C[C@H]1C=O. The minimum absolute atomic E-state index is 0.0609. The van der Waals surface area contributed by atoms with Gasteiger partial charge in [-0.1, -0.05) is 87.9 Å². The van der Waals surface area contributed by atoms with E-state index in [2.05, 4.69) is 13.8 Å². The highest BCUT2D eigenvalue weighted by molar-refractivity contribution is 5.69. The van der Waals surface area contributed by atoms with Gasteiger partial charge in [0, 0.05) is 32.1 Å². The van der Waals surface area contributed by atoms with Crippen molar-refractivity contribution in [1.82, 2.24) is 9.80 Å². The zero-order chi connectivity index (χ0) is 25.9. The summed E-state index contributed by atoms with van der Waals surface area (Å²) in [6.07, 6.45) is 1.54. The Labute approximate surface area is 214 Å². The van der Waals surface area contributed by atoms with Gasteiger partial charge >= 0.3 is 12.2 Å². The van der Waals surface area contributed by atoms with Crippen LogP contribution >= 0.6 is 0 Å². The quantitative estimate of drug-likeness (QED) is 0.503. The first kappa shape index (κ1) is 27.2. The van der Waals surface area contributed by atoms with Crippen LogP contribution in [-0.4, -0.2) is 54.5 Å². The predicted octanol–water partition coefficient (Wildman–Crippen LogP) is 5.39. The number of aldehydes is 1. The first-order valence-corrected chi connectivity index (χ1v) is 12.8. The Morgan fingerprint density at radius 3 is 1.67 bits per heavy atom.